The molecule has 0 bridgehead atoms. The Labute approximate surface area is 177 Å². The van der Waals surface area contributed by atoms with Crippen LogP contribution in [0.5, 0.6) is 11.8 Å². The van der Waals surface area contributed by atoms with Crippen molar-refractivity contribution in [2.45, 2.75) is 6.92 Å². The molecule has 10 heteroatoms. The Morgan fingerprint density at radius 2 is 2.06 bits per heavy atom. The molecule has 1 aromatic carbocycles. The number of aromatic amines is 1. The summed E-state index contributed by atoms with van der Waals surface area (Å²) in [5.74, 6) is 1.56. The van der Waals surface area contributed by atoms with Crippen LogP contribution < -0.4 is 20.7 Å². The molecule has 3 aromatic heterocycles. The van der Waals surface area contributed by atoms with E-state index < -0.39 is 0 Å². The van der Waals surface area contributed by atoms with Gasteiger partial charge in [0.2, 0.25) is 0 Å². The number of ether oxygens (including phenoxy) is 1. The molecular formula is C21H23FN8O. The molecule has 31 heavy (non-hydrogen) atoms. The van der Waals surface area contributed by atoms with Crippen LogP contribution in [0.25, 0.3) is 21.9 Å². The number of nitrogens with zero attached hydrogens (tertiary/aromatic N) is 5. The molecule has 2 unspecified atom stereocenters. The highest BCUT2D eigenvalue weighted by atomic mass is 19.1. The minimum Gasteiger partial charge on any atom is -0.421 e. The van der Waals surface area contributed by atoms with E-state index >= 15 is 0 Å². The molecule has 4 N–H and O–H groups in total. The van der Waals surface area contributed by atoms with E-state index in [2.05, 4.69) is 37.1 Å². The lowest BCUT2D eigenvalue weighted by Gasteiger charge is -2.19. The number of fused-ring (bicyclic) bond motifs is 3. The largest absolute Gasteiger partial charge is 0.421 e. The number of hydrogen-bond donors (Lipinski definition) is 3. The topological polar surface area (TPSA) is 118 Å². The SMILES string of the molecule is CNc1cc(F)cc2c1[nH]c1nc(Oc3cncnc3)nc(N3CC(C)C(CN)C3)c12. The lowest BCUT2D eigenvalue weighted by molar-refractivity contribution is 0.439. The second-order valence-corrected chi connectivity index (χ2v) is 7.86. The third kappa shape index (κ3) is 3.38. The van der Waals surface area contributed by atoms with Gasteiger partial charge in [-0.2, -0.15) is 9.97 Å². The molecular weight excluding hydrogens is 399 g/mol. The van der Waals surface area contributed by atoms with Crippen LogP contribution in [-0.4, -0.2) is 51.6 Å². The number of H-pyrrole nitrogens is 1. The van der Waals surface area contributed by atoms with E-state index in [0.29, 0.717) is 46.7 Å². The Bertz CT molecular complexity index is 1240. The molecule has 160 valence electrons. The average Bonchev–Trinajstić information content (AvgIpc) is 3.33. The standard InChI is InChI=1S/C21H23FN8O/c1-11-8-30(9-12(11)5-23)20-17-15-3-13(22)4-16(24-2)18(15)27-19(17)28-21(29-20)31-14-6-25-10-26-7-14/h3-4,6-7,10-12,24H,5,8-9,23H2,1-2H3,(H,27,28,29). The van der Waals surface area contributed by atoms with Crippen LogP contribution in [0.4, 0.5) is 15.9 Å². The minimum absolute atomic E-state index is 0.166. The number of hydrogen-bond acceptors (Lipinski definition) is 8. The molecule has 1 aliphatic rings. The molecule has 0 spiro atoms. The van der Waals surface area contributed by atoms with E-state index in [1.54, 1.807) is 19.4 Å². The van der Waals surface area contributed by atoms with Crippen LogP contribution in [-0.2, 0) is 0 Å². The van der Waals surface area contributed by atoms with Gasteiger partial charge in [0.1, 0.15) is 23.6 Å². The summed E-state index contributed by atoms with van der Waals surface area (Å²) in [6.45, 7) is 4.34. The summed E-state index contributed by atoms with van der Waals surface area (Å²) in [7, 11) is 1.75. The zero-order valence-corrected chi connectivity index (χ0v) is 17.3. The average molecular weight is 422 g/mol. The highest BCUT2D eigenvalue weighted by Crippen LogP contribution is 2.39. The van der Waals surface area contributed by atoms with Gasteiger partial charge in [0.25, 0.3) is 0 Å². The van der Waals surface area contributed by atoms with E-state index in [4.69, 9.17) is 15.5 Å². The maximum Gasteiger partial charge on any atom is 0.326 e. The van der Waals surface area contributed by atoms with Crippen molar-refractivity contribution < 1.29 is 9.13 Å². The van der Waals surface area contributed by atoms with Crippen molar-refractivity contribution in [2.75, 3.05) is 36.9 Å². The molecule has 4 heterocycles. The maximum absolute atomic E-state index is 14.4. The van der Waals surface area contributed by atoms with Gasteiger partial charge in [-0.1, -0.05) is 6.92 Å². The zero-order chi connectivity index (χ0) is 21.5. The quantitative estimate of drug-likeness (QED) is 0.449. The highest BCUT2D eigenvalue weighted by molar-refractivity contribution is 6.14. The van der Waals surface area contributed by atoms with Crippen LogP contribution >= 0.6 is 0 Å². The van der Waals surface area contributed by atoms with Crippen molar-refractivity contribution in [3.8, 4) is 11.8 Å². The first-order chi connectivity index (χ1) is 15.1. The highest BCUT2D eigenvalue weighted by Gasteiger charge is 2.32. The monoisotopic (exact) mass is 422 g/mol. The normalized spacial score (nSPS) is 18.8. The molecule has 0 radical (unpaired) electrons. The molecule has 9 nitrogen and oxygen atoms in total. The predicted octanol–water partition coefficient (Wildman–Crippen LogP) is 2.91. The Kier molecular flexibility index (Phi) is 4.78. The van der Waals surface area contributed by atoms with Crippen LogP contribution in [0.3, 0.4) is 0 Å². The minimum atomic E-state index is -0.333. The molecule has 0 saturated carbocycles. The Morgan fingerprint density at radius 3 is 2.77 bits per heavy atom. The second kappa shape index (κ2) is 7.62. The van der Waals surface area contributed by atoms with E-state index in [1.807, 2.05) is 0 Å². The van der Waals surface area contributed by atoms with E-state index in [1.165, 1.54) is 18.5 Å². The summed E-state index contributed by atoms with van der Waals surface area (Å²) in [5, 5.41) is 4.51. The summed E-state index contributed by atoms with van der Waals surface area (Å²) >= 11 is 0. The Morgan fingerprint density at radius 1 is 1.26 bits per heavy atom. The van der Waals surface area contributed by atoms with Gasteiger partial charge in [0.05, 0.1) is 29.0 Å². The van der Waals surface area contributed by atoms with Gasteiger partial charge >= 0.3 is 6.01 Å². The van der Waals surface area contributed by atoms with Crippen molar-refractivity contribution >= 4 is 33.4 Å². The van der Waals surface area contributed by atoms with Crippen molar-refractivity contribution in [3.05, 3.63) is 36.7 Å². The number of nitrogens with two attached hydrogens (primary N) is 1. The smallest absolute Gasteiger partial charge is 0.326 e. The van der Waals surface area contributed by atoms with E-state index in [0.717, 1.165) is 24.0 Å². The third-order valence-electron chi connectivity index (χ3n) is 5.87. The molecule has 2 atom stereocenters. The molecule has 0 aliphatic carbocycles. The Hall–Kier alpha value is -3.53. The van der Waals surface area contributed by atoms with Crippen molar-refractivity contribution in [1.29, 1.82) is 0 Å². The lowest BCUT2D eigenvalue weighted by atomic mass is 9.99. The van der Waals surface area contributed by atoms with Crippen molar-refractivity contribution in [1.82, 2.24) is 24.9 Å². The van der Waals surface area contributed by atoms with Gasteiger partial charge in [-0.15, -0.1) is 0 Å². The molecule has 0 amide bonds. The number of nitrogens with one attached hydrogen (secondary N) is 2. The lowest BCUT2D eigenvalue weighted by Crippen LogP contribution is -2.24. The molecule has 5 rings (SSSR count). The number of halogens is 1. The van der Waals surface area contributed by atoms with E-state index in [9.17, 15) is 4.39 Å². The first-order valence-electron chi connectivity index (χ1n) is 10.2. The summed E-state index contributed by atoms with van der Waals surface area (Å²) in [6.07, 6.45) is 4.51. The second-order valence-electron chi connectivity index (χ2n) is 7.86. The predicted molar refractivity (Wildman–Crippen MR) is 117 cm³/mol. The summed E-state index contributed by atoms with van der Waals surface area (Å²) in [5.41, 5.74) is 7.95. The third-order valence-corrected chi connectivity index (χ3v) is 5.87. The van der Waals surface area contributed by atoms with Crippen LogP contribution in [0, 0.1) is 17.7 Å². The van der Waals surface area contributed by atoms with Crippen LogP contribution in [0.1, 0.15) is 6.92 Å². The molecule has 4 aromatic rings. The molecule has 1 fully saturated rings. The maximum atomic E-state index is 14.4. The fraction of sp³-hybridized carbons (Fsp3) is 0.333. The number of benzene rings is 1. The van der Waals surface area contributed by atoms with Gasteiger partial charge in [-0.05, 0) is 30.5 Å². The number of aromatic nitrogens is 5. The zero-order valence-electron chi connectivity index (χ0n) is 17.3. The first-order valence-corrected chi connectivity index (χ1v) is 10.2. The number of anilines is 2. The van der Waals surface area contributed by atoms with Gasteiger partial charge in [-0.25, -0.2) is 14.4 Å². The van der Waals surface area contributed by atoms with E-state index in [-0.39, 0.29) is 11.8 Å². The van der Waals surface area contributed by atoms with Gasteiger partial charge in [0, 0.05) is 25.5 Å². The first kappa shape index (κ1) is 19.4. The summed E-state index contributed by atoms with van der Waals surface area (Å²) in [4.78, 5) is 22.7. The van der Waals surface area contributed by atoms with Gasteiger partial charge < -0.3 is 25.7 Å². The van der Waals surface area contributed by atoms with Crippen molar-refractivity contribution in [3.63, 3.8) is 0 Å². The Balaban J connectivity index is 1.72. The summed E-state index contributed by atoms with van der Waals surface area (Å²) in [6, 6.07) is 3.12. The molecule has 1 aliphatic heterocycles. The van der Waals surface area contributed by atoms with Gasteiger partial charge in [-0.3, -0.25) is 0 Å². The van der Waals surface area contributed by atoms with Gasteiger partial charge in [0.15, 0.2) is 5.75 Å². The van der Waals surface area contributed by atoms with Crippen LogP contribution in [0.2, 0.25) is 0 Å². The van der Waals surface area contributed by atoms with Crippen molar-refractivity contribution in [2.24, 2.45) is 17.6 Å². The fourth-order valence-corrected chi connectivity index (χ4v) is 4.25. The number of rotatable bonds is 5. The van der Waals surface area contributed by atoms with Crippen LogP contribution in [0.15, 0.2) is 30.9 Å². The summed E-state index contributed by atoms with van der Waals surface area (Å²) < 4.78 is 20.2. The molecule has 1 saturated heterocycles. The fourth-order valence-electron chi connectivity index (χ4n) is 4.25.